The van der Waals surface area contributed by atoms with E-state index in [0.29, 0.717) is 5.54 Å². The van der Waals surface area contributed by atoms with Crippen molar-refractivity contribution in [1.29, 1.82) is 0 Å². The van der Waals surface area contributed by atoms with E-state index in [9.17, 15) is 0 Å². The minimum atomic E-state index is 0.148. The summed E-state index contributed by atoms with van der Waals surface area (Å²) in [5, 5.41) is 3.78. The van der Waals surface area contributed by atoms with Crippen LogP contribution in [0.2, 0.25) is 0 Å². The Kier molecular flexibility index (Phi) is 5.49. The van der Waals surface area contributed by atoms with Crippen LogP contribution in [-0.2, 0) is 4.74 Å². The largest absolute Gasteiger partial charge is 0.375 e. The number of hydrogen-bond donors (Lipinski definition) is 1. The van der Waals surface area contributed by atoms with Gasteiger partial charge in [0.1, 0.15) is 0 Å². The second-order valence-corrected chi connectivity index (χ2v) is 6.77. The van der Waals surface area contributed by atoms with Crippen LogP contribution in [0.1, 0.15) is 66.2 Å². The van der Waals surface area contributed by atoms with E-state index in [1.165, 1.54) is 38.8 Å². The zero-order valence-corrected chi connectivity index (χ0v) is 14.0. The molecule has 2 heterocycles. The predicted molar refractivity (Wildman–Crippen MR) is 85.2 cm³/mol. The van der Waals surface area contributed by atoms with Crippen LogP contribution in [0.3, 0.4) is 0 Å². The second-order valence-electron chi connectivity index (χ2n) is 6.77. The van der Waals surface area contributed by atoms with Crippen LogP contribution >= 0.6 is 0 Å². The molecule has 2 aliphatic heterocycles. The highest BCUT2D eigenvalue weighted by molar-refractivity contribution is 4.97. The maximum Gasteiger partial charge on any atom is 0.0692 e. The molecule has 2 aliphatic rings. The summed E-state index contributed by atoms with van der Waals surface area (Å²) in [5.41, 5.74) is 0.493. The van der Waals surface area contributed by atoms with Gasteiger partial charge in [-0.25, -0.2) is 0 Å². The summed E-state index contributed by atoms with van der Waals surface area (Å²) >= 11 is 0. The fourth-order valence-electron chi connectivity index (χ4n) is 4.08. The van der Waals surface area contributed by atoms with E-state index in [2.05, 4.69) is 37.9 Å². The molecule has 3 heteroatoms. The summed E-state index contributed by atoms with van der Waals surface area (Å²) in [6, 6.07) is 0.725. The Labute approximate surface area is 125 Å². The number of ether oxygens (including phenoxy) is 1. The Morgan fingerprint density at radius 3 is 2.40 bits per heavy atom. The molecule has 1 atom stereocenters. The van der Waals surface area contributed by atoms with Crippen LogP contribution in [0.5, 0.6) is 0 Å². The van der Waals surface area contributed by atoms with Crippen molar-refractivity contribution in [1.82, 2.24) is 10.2 Å². The molecular formula is C17H34N2O. The summed E-state index contributed by atoms with van der Waals surface area (Å²) in [6.07, 6.45) is 7.21. The summed E-state index contributed by atoms with van der Waals surface area (Å²) in [5.74, 6) is 0. The van der Waals surface area contributed by atoms with Gasteiger partial charge in [0.2, 0.25) is 0 Å². The molecule has 0 aromatic heterocycles. The number of nitrogens with zero attached hydrogens (tertiary/aromatic N) is 1. The standard InChI is InChI=1S/C17H34N2O/c1-5-16(6-2)14-19(11-10-18-16)15-9-12-20-17(7-3,8-4)13-15/h15,18H,5-14H2,1-4H3. The van der Waals surface area contributed by atoms with E-state index in [1.54, 1.807) is 0 Å². The number of piperazine rings is 1. The second kappa shape index (κ2) is 6.76. The van der Waals surface area contributed by atoms with E-state index in [0.717, 1.165) is 32.0 Å². The molecular weight excluding hydrogens is 248 g/mol. The topological polar surface area (TPSA) is 24.5 Å². The average Bonchev–Trinajstić information content (AvgIpc) is 2.54. The summed E-state index contributed by atoms with van der Waals surface area (Å²) in [4.78, 5) is 2.76. The van der Waals surface area contributed by atoms with Crippen molar-refractivity contribution < 1.29 is 4.74 Å². The highest BCUT2D eigenvalue weighted by Gasteiger charge is 2.40. The summed E-state index contributed by atoms with van der Waals surface area (Å²) < 4.78 is 6.15. The lowest BCUT2D eigenvalue weighted by molar-refractivity contribution is -0.115. The lowest BCUT2D eigenvalue weighted by atomic mass is 9.83. The fourth-order valence-corrected chi connectivity index (χ4v) is 4.08. The molecule has 0 radical (unpaired) electrons. The monoisotopic (exact) mass is 282 g/mol. The van der Waals surface area contributed by atoms with Gasteiger partial charge in [0.25, 0.3) is 0 Å². The van der Waals surface area contributed by atoms with Gasteiger partial charge in [-0.15, -0.1) is 0 Å². The average molecular weight is 282 g/mol. The summed E-state index contributed by atoms with van der Waals surface area (Å²) in [7, 11) is 0. The van der Waals surface area contributed by atoms with Gasteiger partial charge in [-0.05, 0) is 38.5 Å². The van der Waals surface area contributed by atoms with E-state index < -0.39 is 0 Å². The van der Waals surface area contributed by atoms with Gasteiger partial charge in [-0.3, -0.25) is 4.90 Å². The molecule has 2 rings (SSSR count). The number of nitrogens with one attached hydrogen (secondary N) is 1. The zero-order valence-electron chi connectivity index (χ0n) is 14.0. The van der Waals surface area contributed by atoms with Gasteiger partial charge in [-0.2, -0.15) is 0 Å². The molecule has 0 spiro atoms. The quantitative estimate of drug-likeness (QED) is 0.838. The molecule has 0 aromatic rings. The molecule has 3 nitrogen and oxygen atoms in total. The van der Waals surface area contributed by atoms with Crippen molar-refractivity contribution in [3.63, 3.8) is 0 Å². The van der Waals surface area contributed by atoms with Crippen LogP contribution in [0.15, 0.2) is 0 Å². The minimum Gasteiger partial charge on any atom is -0.375 e. The molecule has 20 heavy (non-hydrogen) atoms. The Balaban J connectivity index is 2.03. The van der Waals surface area contributed by atoms with Gasteiger partial charge in [-0.1, -0.05) is 27.7 Å². The van der Waals surface area contributed by atoms with Gasteiger partial charge < -0.3 is 10.1 Å². The Morgan fingerprint density at radius 2 is 1.80 bits per heavy atom. The van der Waals surface area contributed by atoms with Crippen LogP contribution in [0.4, 0.5) is 0 Å². The molecule has 1 unspecified atom stereocenters. The van der Waals surface area contributed by atoms with Crippen molar-refractivity contribution >= 4 is 0 Å². The Bertz CT molecular complexity index is 267. The Hall–Kier alpha value is -0.120. The third-order valence-electron chi connectivity index (χ3n) is 6.03. The third-order valence-corrected chi connectivity index (χ3v) is 6.03. The first kappa shape index (κ1) is 16.3. The molecule has 0 aromatic carbocycles. The van der Waals surface area contributed by atoms with Crippen LogP contribution in [-0.4, -0.2) is 48.3 Å². The lowest BCUT2D eigenvalue weighted by Crippen LogP contribution is -2.63. The van der Waals surface area contributed by atoms with Crippen molar-refractivity contribution in [2.24, 2.45) is 0 Å². The molecule has 1 N–H and O–H groups in total. The maximum atomic E-state index is 6.15. The van der Waals surface area contributed by atoms with E-state index >= 15 is 0 Å². The predicted octanol–water partition coefficient (Wildman–Crippen LogP) is 3.19. The first-order valence-corrected chi connectivity index (χ1v) is 8.75. The molecule has 0 saturated carbocycles. The van der Waals surface area contributed by atoms with Gasteiger partial charge in [0.05, 0.1) is 5.60 Å². The molecule has 118 valence electrons. The first-order chi connectivity index (χ1) is 9.62. The van der Waals surface area contributed by atoms with Gasteiger partial charge in [0.15, 0.2) is 0 Å². The molecule has 0 aliphatic carbocycles. The number of rotatable bonds is 5. The van der Waals surface area contributed by atoms with E-state index in [-0.39, 0.29) is 5.60 Å². The highest BCUT2D eigenvalue weighted by Crippen LogP contribution is 2.35. The third kappa shape index (κ3) is 3.20. The molecule has 0 bridgehead atoms. The van der Waals surface area contributed by atoms with E-state index in [1.807, 2.05) is 0 Å². The smallest absolute Gasteiger partial charge is 0.0692 e. The SMILES string of the molecule is CCC1(CC)CN(C2CCOC(CC)(CC)C2)CCN1. The van der Waals surface area contributed by atoms with Crippen molar-refractivity contribution in [2.75, 3.05) is 26.2 Å². The molecule has 2 saturated heterocycles. The van der Waals surface area contributed by atoms with Gasteiger partial charge in [0, 0.05) is 37.8 Å². The van der Waals surface area contributed by atoms with Crippen LogP contribution in [0.25, 0.3) is 0 Å². The Morgan fingerprint density at radius 1 is 1.10 bits per heavy atom. The summed E-state index contributed by atoms with van der Waals surface area (Å²) in [6.45, 7) is 13.7. The minimum absolute atomic E-state index is 0.148. The normalized spacial score (nSPS) is 30.3. The fraction of sp³-hybridized carbons (Fsp3) is 1.00. The van der Waals surface area contributed by atoms with Crippen LogP contribution in [0, 0.1) is 0 Å². The van der Waals surface area contributed by atoms with Crippen molar-refractivity contribution in [3.05, 3.63) is 0 Å². The zero-order chi connectivity index (χ0) is 14.6. The van der Waals surface area contributed by atoms with Gasteiger partial charge >= 0.3 is 0 Å². The number of hydrogen-bond acceptors (Lipinski definition) is 3. The molecule has 2 fully saturated rings. The van der Waals surface area contributed by atoms with Crippen molar-refractivity contribution in [2.45, 2.75) is 83.4 Å². The maximum absolute atomic E-state index is 6.15. The molecule has 0 amide bonds. The van der Waals surface area contributed by atoms with E-state index in [4.69, 9.17) is 4.74 Å². The van der Waals surface area contributed by atoms with Crippen LogP contribution < -0.4 is 5.32 Å². The lowest BCUT2D eigenvalue weighted by Gasteiger charge is -2.50. The first-order valence-electron chi connectivity index (χ1n) is 8.75. The highest BCUT2D eigenvalue weighted by atomic mass is 16.5. The van der Waals surface area contributed by atoms with Crippen molar-refractivity contribution in [3.8, 4) is 0 Å².